The van der Waals surface area contributed by atoms with Crippen molar-refractivity contribution < 1.29 is 18.0 Å². The van der Waals surface area contributed by atoms with E-state index >= 15 is 0 Å². The van der Waals surface area contributed by atoms with E-state index in [0.29, 0.717) is 11.8 Å². The van der Waals surface area contributed by atoms with E-state index in [1.54, 1.807) is 0 Å². The lowest BCUT2D eigenvalue weighted by Gasteiger charge is -2.12. The summed E-state index contributed by atoms with van der Waals surface area (Å²) in [4.78, 5) is 10.4. The van der Waals surface area contributed by atoms with Crippen molar-refractivity contribution in [1.29, 1.82) is 0 Å². The molecule has 0 saturated carbocycles. The fraction of sp³-hybridized carbons (Fsp3) is 0.600. The molecule has 74 valence electrons. The molecule has 0 spiro atoms. The quantitative estimate of drug-likeness (QED) is 0.620. The van der Waals surface area contributed by atoms with Gasteiger partial charge in [-0.1, -0.05) is 11.8 Å². The Morgan fingerprint density at radius 1 is 1.69 bits per heavy atom. The summed E-state index contributed by atoms with van der Waals surface area (Å²) in [6.45, 7) is 1.20. The van der Waals surface area contributed by atoms with Crippen LogP contribution >= 0.6 is 11.8 Å². The number of nitrogens with zero attached hydrogens (tertiary/aromatic N) is 1. The molecule has 13 heavy (non-hydrogen) atoms. The zero-order chi connectivity index (χ0) is 10.1. The van der Waals surface area contributed by atoms with Gasteiger partial charge in [0.25, 0.3) is 0 Å². The maximum absolute atomic E-state index is 12.0. The molecule has 0 aromatic heterocycles. The number of hydrazone groups is 1. The molecule has 1 heterocycles. The van der Waals surface area contributed by atoms with Crippen molar-refractivity contribution in [3.05, 3.63) is 0 Å². The fourth-order valence-electron chi connectivity index (χ4n) is 0.630. The van der Waals surface area contributed by atoms with Crippen molar-refractivity contribution in [2.24, 2.45) is 5.10 Å². The predicted molar refractivity (Wildman–Crippen MR) is 41.8 cm³/mol. The molecular formula is C5H6F3N3OS. The summed E-state index contributed by atoms with van der Waals surface area (Å²) >= 11 is 0.428. The van der Waals surface area contributed by atoms with Crippen LogP contribution in [0.15, 0.2) is 5.10 Å². The summed E-state index contributed by atoms with van der Waals surface area (Å²) in [6, 6.07) is 0. The van der Waals surface area contributed by atoms with E-state index in [-0.39, 0.29) is 5.17 Å². The lowest BCUT2D eigenvalue weighted by atomic mass is 10.6. The second-order valence-corrected chi connectivity index (χ2v) is 3.36. The maximum Gasteiger partial charge on any atom is 0.419 e. The highest BCUT2D eigenvalue weighted by atomic mass is 32.2. The molecule has 0 radical (unpaired) electrons. The van der Waals surface area contributed by atoms with E-state index in [4.69, 9.17) is 0 Å². The molecule has 4 nitrogen and oxygen atoms in total. The summed E-state index contributed by atoms with van der Waals surface area (Å²) in [5.74, 6) is -0.448. The number of amides is 1. The first-order valence-electron chi connectivity index (χ1n) is 3.24. The van der Waals surface area contributed by atoms with Gasteiger partial charge in [0.15, 0.2) is 10.5 Å². The zero-order valence-corrected chi connectivity index (χ0v) is 7.29. The van der Waals surface area contributed by atoms with Gasteiger partial charge in [0.1, 0.15) is 0 Å². The van der Waals surface area contributed by atoms with Gasteiger partial charge in [-0.15, -0.1) is 0 Å². The molecule has 0 bridgehead atoms. The van der Waals surface area contributed by atoms with Crippen LogP contribution < -0.4 is 10.7 Å². The standard InChI is InChI=1S/C5H6F3N3OS/c1-2(12)9-4-11-10-3(13-4)5(6,7)8/h3,10H,1H3,(H,9,11,12). The number of thioether (sulfide) groups is 1. The number of carbonyl (C=O) groups is 1. The average molecular weight is 213 g/mol. The van der Waals surface area contributed by atoms with Crippen LogP contribution in [-0.2, 0) is 4.79 Å². The van der Waals surface area contributed by atoms with Crippen LogP contribution in [0.25, 0.3) is 0 Å². The van der Waals surface area contributed by atoms with Crippen molar-refractivity contribution >= 4 is 22.8 Å². The van der Waals surface area contributed by atoms with E-state index in [9.17, 15) is 18.0 Å². The van der Waals surface area contributed by atoms with E-state index in [1.165, 1.54) is 6.92 Å². The van der Waals surface area contributed by atoms with Gasteiger partial charge in [0.2, 0.25) is 5.91 Å². The Hall–Kier alpha value is -0.920. The molecule has 0 aromatic carbocycles. The number of alkyl halides is 3. The van der Waals surface area contributed by atoms with Crippen LogP contribution in [0.5, 0.6) is 0 Å². The van der Waals surface area contributed by atoms with Gasteiger partial charge < -0.3 is 5.32 Å². The summed E-state index contributed by atoms with van der Waals surface area (Å²) < 4.78 is 36.0. The molecule has 1 amide bonds. The fourth-order valence-corrected chi connectivity index (χ4v) is 1.40. The largest absolute Gasteiger partial charge is 0.419 e. The minimum Gasteiger partial charge on any atom is -0.304 e. The van der Waals surface area contributed by atoms with Crippen LogP contribution in [0.3, 0.4) is 0 Å². The van der Waals surface area contributed by atoms with Gasteiger partial charge in [0.05, 0.1) is 0 Å². The second kappa shape index (κ2) is 3.44. The SMILES string of the molecule is CC(=O)NC1=NNC(C(F)(F)F)S1. The third-order valence-electron chi connectivity index (χ3n) is 1.09. The monoisotopic (exact) mass is 213 g/mol. The summed E-state index contributed by atoms with van der Waals surface area (Å²) in [5, 5.41) is 3.63. The predicted octanol–water partition coefficient (Wildman–Crippen LogP) is 0.618. The Morgan fingerprint density at radius 3 is 2.69 bits per heavy atom. The number of hydrogen-bond donors (Lipinski definition) is 2. The van der Waals surface area contributed by atoms with Gasteiger partial charge in [-0.3, -0.25) is 10.2 Å². The average Bonchev–Trinajstić information content (AvgIpc) is 2.32. The van der Waals surface area contributed by atoms with Crippen LogP contribution in [0.2, 0.25) is 0 Å². The number of nitrogens with one attached hydrogen (secondary N) is 2. The molecule has 0 fully saturated rings. The number of carbonyl (C=O) groups excluding carboxylic acids is 1. The Kier molecular flexibility index (Phi) is 2.69. The van der Waals surface area contributed by atoms with Gasteiger partial charge in [-0.05, 0) is 0 Å². The van der Waals surface area contributed by atoms with Gasteiger partial charge >= 0.3 is 6.18 Å². The lowest BCUT2D eigenvalue weighted by Crippen LogP contribution is -2.34. The molecule has 0 aliphatic carbocycles. The van der Waals surface area contributed by atoms with Crippen molar-refractivity contribution in [2.75, 3.05) is 0 Å². The summed E-state index contributed by atoms with van der Waals surface area (Å²) in [7, 11) is 0. The minimum atomic E-state index is -4.37. The summed E-state index contributed by atoms with van der Waals surface area (Å²) in [6.07, 6.45) is -4.37. The highest BCUT2D eigenvalue weighted by molar-refractivity contribution is 8.14. The van der Waals surface area contributed by atoms with Crippen LogP contribution in [0.4, 0.5) is 13.2 Å². The third-order valence-corrected chi connectivity index (χ3v) is 2.12. The normalized spacial score (nSPS) is 22.2. The molecule has 1 aliphatic rings. The Bertz CT molecular complexity index is 252. The van der Waals surface area contributed by atoms with E-state index < -0.39 is 17.5 Å². The topological polar surface area (TPSA) is 53.5 Å². The molecule has 2 N–H and O–H groups in total. The highest BCUT2D eigenvalue weighted by Gasteiger charge is 2.44. The van der Waals surface area contributed by atoms with Crippen molar-refractivity contribution in [3.8, 4) is 0 Å². The number of amidine groups is 1. The number of rotatable bonds is 0. The molecular weight excluding hydrogens is 207 g/mol. The first-order valence-corrected chi connectivity index (χ1v) is 4.12. The van der Waals surface area contributed by atoms with Crippen LogP contribution in [-0.4, -0.2) is 22.6 Å². The van der Waals surface area contributed by atoms with Crippen molar-refractivity contribution in [2.45, 2.75) is 18.5 Å². The first kappa shape index (κ1) is 10.2. The van der Waals surface area contributed by atoms with Gasteiger partial charge in [-0.25, -0.2) is 0 Å². The Labute approximate surface area is 75.9 Å². The number of hydrogen-bond acceptors (Lipinski definition) is 4. The second-order valence-electron chi connectivity index (χ2n) is 2.27. The van der Waals surface area contributed by atoms with E-state index in [1.807, 2.05) is 5.43 Å². The summed E-state index contributed by atoms with van der Waals surface area (Å²) in [5.41, 5.74) is 1.86. The third kappa shape index (κ3) is 2.79. The molecule has 1 aliphatic heterocycles. The zero-order valence-electron chi connectivity index (χ0n) is 6.47. The van der Waals surface area contributed by atoms with Crippen LogP contribution in [0, 0.1) is 0 Å². The van der Waals surface area contributed by atoms with E-state index in [0.717, 1.165) is 0 Å². The van der Waals surface area contributed by atoms with Gasteiger partial charge in [-0.2, -0.15) is 18.3 Å². The highest BCUT2D eigenvalue weighted by Crippen LogP contribution is 2.31. The Morgan fingerprint density at radius 2 is 2.31 bits per heavy atom. The molecule has 8 heteroatoms. The maximum atomic E-state index is 12.0. The number of halogens is 3. The lowest BCUT2D eigenvalue weighted by molar-refractivity contribution is -0.133. The van der Waals surface area contributed by atoms with Crippen LogP contribution in [0.1, 0.15) is 6.92 Å². The van der Waals surface area contributed by atoms with Crippen molar-refractivity contribution in [1.82, 2.24) is 10.7 Å². The van der Waals surface area contributed by atoms with Gasteiger partial charge in [0, 0.05) is 6.92 Å². The molecule has 1 rings (SSSR count). The van der Waals surface area contributed by atoms with E-state index in [2.05, 4.69) is 10.4 Å². The smallest absolute Gasteiger partial charge is 0.304 e. The molecule has 1 unspecified atom stereocenters. The minimum absolute atomic E-state index is 0.0603. The van der Waals surface area contributed by atoms with Crippen molar-refractivity contribution in [3.63, 3.8) is 0 Å². The molecule has 1 atom stereocenters. The molecule has 0 saturated heterocycles. The molecule has 0 aromatic rings. The first-order chi connectivity index (χ1) is 5.89. The Balaban J connectivity index is 2.47.